The zero-order valence-corrected chi connectivity index (χ0v) is 34.5. The van der Waals surface area contributed by atoms with Gasteiger partial charge in [0.1, 0.15) is 11.5 Å². The highest BCUT2D eigenvalue weighted by Gasteiger charge is 2.52. The molecule has 12 rings (SSSR count). The lowest BCUT2D eigenvalue weighted by molar-refractivity contribution is 0.436. The fourth-order valence-electron chi connectivity index (χ4n) is 10.1. The summed E-state index contributed by atoms with van der Waals surface area (Å²) in [5.74, 6) is 1.80. The number of anilines is 3. The van der Waals surface area contributed by atoms with Crippen LogP contribution in [0, 0.1) is 0 Å². The van der Waals surface area contributed by atoms with E-state index < -0.39 is 5.41 Å². The topological polar surface area (TPSA) is 12.5 Å². The number of hydrogen-bond donors (Lipinski definition) is 0. The van der Waals surface area contributed by atoms with Gasteiger partial charge in [-0.15, -0.1) is 0 Å². The molecule has 1 spiro atoms. The zero-order valence-electron chi connectivity index (χ0n) is 34.5. The summed E-state index contributed by atoms with van der Waals surface area (Å²) in [5.41, 5.74) is 19.8. The van der Waals surface area contributed by atoms with E-state index in [0.717, 1.165) is 28.6 Å². The minimum atomic E-state index is -0.530. The van der Waals surface area contributed by atoms with Crippen LogP contribution in [0.15, 0.2) is 249 Å². The van der Waals surface area contributed by atoms with Gasteiger partial charge in [0.25, 0.3) is 0 Å². The van der Waals surface area contributed by atoms with Crippen LogP contribution in [0.2, 0.25) is 0 Å². The predicted octanol–water partition coefficient (Wildman–Crippen LogP) is 16.3. The molecule has 0 fully saturated rings. The molecular formula is C61H41NO. The quantitative estimate of drug-likeness (QED) is 0.159. The van der Waals surface area contributed by atoms with Gasteiger partial charge in [-0.1, -0.05) is 200 Å². The zero-order chi connectivity index (χ0) is 41.7. The number of fused-ring (bicyclic) bond motifs is 9. The standard InChI is InChI=1S/C61H41NO/c1-3-14-42(15-4-1)45-30-36-49(37-31-45)62(50-38-32-46(33-39-50)43-16-5-2-6-17-43)51-40-34-47(35-41-51)44-26-28-48(29-27-44)52-19-13-20-54-53-18-7-8-21-55(53)61(60(52)54)56-22-9-11-24-58(56)63-59-25-12-10-23-57(59)61/h1-41H. The van der Waals surface area contributed by atoms with Crippen molar-refractivity contribution in [2.24, 2.45) is 0 Å². The summed E-state index contributed by atoms with van der Waals surface area (Å²) >= 11 is 0. The maximum absolute atomic E-state index is 6.62. The number of nitrogens with zero attached hydrogens (tertiary/aromatic N) is 1. The van der Waals surface area contributed by atoms with E-state index in [1.165, 1.54) is 77.9 Å². The summed E-state index contributed by atoms with van der Waals surface area (Å²) in [6, 6.07) is 89.9. The van der Waals surface area contributed by atoms with Crippen LogP contribution in [0.3, 0.4) is 0 Å². The Morgan fingerprint density at radius 3 is 1.10 bits per heavy atom. The average Bonchev–Trinajstić information content (AvgIpc) is 3.66. The van der Waals surface area contributed by atoms with Crippen molar-refractivity contribution < 1.29 is 4.74 Å². The Morgan fingerprint density at radius 1 is 0.254 bits per heavy atom. The van der Waals surface area contributed by atoms with Crippen LogP contribution < -0.4 is 9.64 Å². The molecule has 0 N–H and O–H groups in total. The van der Waals surface area contributed by atoms with Gasteiger partial charge in [0.2, 0.25) is 0 Å². The first-order valence-electron chi connectivity index (χ1n) is 21.7. The molecule has 2 nitrogen and oxygen atoms in total. The molecule has 10 aromatic rings. The lowest BCUT2D eigenvalue weighted by Crippen LogP contribution is -2.32. The van der Waals surface area contributed by atoms with Crippen LogP contribution in [-0.4, -0.2) is 0 Å². The molecule has 0 radical (unpaired) electrons. The average molecular weight is 804 g/mol. The second kappa shape index (κ2) is 15.1. The first-order chi connectivity index (χ1) is 31.2. The fourth-order valence-corrected chi connectivity index (χ4v) is 10.1. The van der Waals surface area contributed by atoms with Gasteiger partial charge in [-0.2, -0.15) is 0 Å². The van der Waals surface area contributed by atoms with Crippen LogP contribution in [0.25, 0.3) is 55.6 Å². The Labute approximate surface area is 368 Å². The van der Waals surface area contributed by atoms with Crippen molar-refractivity contribution in [1.82, 2.24) is 0 Å². The molecule has 63 heavy (non-hydrogen) atoms. The van der Waals surface area contributed by atoms with Crippen LogP contribution in [0.5, 0.6) is 11.5 Å². The molecule has 1 aliphatic carbocycles. The highest BCUT2D eigenvalue weighted by Crippen LogP contribution is 2.63. The molecule has 1 aliphatic heterocycles. The van der Waals surface area contributed by atoms with Gasteiger partial charge in [0, 0.05) is 28.2 Å². The molecule has 0 atom stereocenters. The molecule has 0 saturated heterocycles. The SMILES string of the molecule is c1ccc(-c2ccc(N(c3ccc(-c4ccccc4)cc3)c3ccc(-c4ccc(-c5cccc6c5C5(c7ccccc7Oc7ccccc75)c5ccccc5-6)cc4)cc3)cc2)cc1. The Bertz CT molecular complexity index is 3130. The molecule has 0 unspecified atom stereocenters. The van der Waals surface area contributed by atoms with E-state index in [-0.39, 0.29) is 0 Å². The van der Waals surface area contributed by atoms with E-state index in [0.29, 0.717) is 0 Å². The first kappa shape index (κ1) is 36.6. The van der Waals surface area contributed by atoms with E-state index in [4.69, 9.17) is 4.74 Å². The number of ether oxygens (including phenoxy) is 1. The summed E-state index contributed by atoms with van der Waals surface area (Å²) in [6.07, 6.45) is 0. The largest absolute Gasteiger partial charge is 0.457 e. The molecule has 2 heteroatoms. The van der Waals surface area contributed by atoms with Crippen molar-refractivity contribution >= 4 is 17.1 Å². The van der Waals surface area contributed by atoms with E-state index in [2.05, 4.69) is 254 Å². The smallest absolute Gasteiger partial charge is 0.132 e. The van der Waals surface area contributed by atoms with Crippen molar-refractivity contribution in [1.29, 1.82) is 0 Å². The summed E-state index contributed by atoms with van der Waals surface area (Å²) < 4.78 is 6.62. The third-order valence-electron chi connectivity index (χ3n) is 13.0. The monoisotopic (exact) mass is 803 g/mol. The Morgan fingerprint density at radius 2 is 0.603 bits per heavy atom. The van der Waals surface area contributed by atoms with Crippen molar-refractivity contribution in [3.63, 3.8) is 0 Å². The first-order valence-corrected chi connectivity index (χ1v) is 21.7. The van der Waals surface area contributed by atoms with Crippen LogP contribution in [0.4, 0.5) is 17.1 Å². The Kier molecular flexibility index (Phi) is 8.76. The van der Waals surface area contributed by atoms with E-state index in [1.54, 1.807) is 0 Å². The normalized spacial score (nSPS) is 12.7. The maximum Gasteiger partial charge on any atom is 0.132 e. The van der Waals surface area contributed by atoms with Crippen molar-refractivity contribution in [2.45, 2.75) is 5.41 Å². The highest BCUT2D eigenvalue weighted by atomic mass is 16.5. The third kappa shape index (κ3) is 6.02. The Hall–Kier alpha value is -8.20. The lowest BCUT2D eigenvalue weighted by Gasteiger charge is -2.40. The van der Waals surface area contributed by atoms with Gasteiger partial charge in [-0.3, -0.25) is 0 Å². The fraction of sp³-hybridized carbons (Fsp3) is 0.0164. The summed E-state index contributed by atoms with van der Waals surface area (Å²) in [7, 11) is 0. The number of rotatable bonds is 7. The second-order valence-electron chi connectivity index (χ2n) is 16.4. The molecule has 10 aromatic carbocycles. The van der Waals surface area contributed by atoms with E-state index in [1.807, 2.05) is 0 Å². The summed E-state index contributed by atoms with van der Waals surface area (Å²) in [5, 5.41) is 0. The van der Waals surface area contributed by atoms with Crippen LogP contribution in [0.1, 0.15) is 22.3 Å². The maximum atomic E-state index is 6.62. The minimum absolute atomic E-state index is 0.530. The molecule has 0 saturated carbocycles. The van der Waals surface area contributed by atoms with Gasteiger partial charge in [0.05, 0.1) is 5.41 Å². The van der Waals surface area contributed by atoms with Gasteiger partial charge in [0.15, 0.2) is 0 Å². The van der Waals surface area contributed by atoms with Gasteiger partial charge >= 0.3 is 0 Å². The van der Waals surface area contributed by atoms with Gasteiger partial charge in [-0.05, 0) is 115 Å². The van der Waals surface area contributed by atoms with Crippen molar-refractivity contribution in [3.8, 4) is 67.1 Å². The molecule has 0 amide bonds. The number of benzene rings is 10. The second-order valence-corrected chi connectivity index (χ2v) is 16.4. The van der Waals surface area contributed by atoms with Crippen molar-refractivity contribution in [2.75, 3.05) is 4.90 Å². The van der Waals surface area contributed by atoms with Gasteiger partial charge in [-0.25, -0.2) is 0 Å². The Balaban J connectivity index is 0.915. The third-order valence-corrected chi connectivity index (χ3v) is 13.0. The molecule has 0 bridgehead atoms. The lowest BCUT2D eigenvalue weighted by atomic mass is 9.64. The van der Waals surface area contributed by atoms with Crippen molar-refractivity contribution in [3.05, 3.63) is 271 Å². The number of para-hydroxylation sites is 2. The predicted molar refractivity (Wildman–Crippen MR) is 260 cm³/mol. The highest BCUT2D eigenvalue weighted by molar-refractivity contribution is 5.94. The number of hydrogen-bond acceptors (Lipinski definition) is 2. The molecule has 296 valence electrons. The van der Waals surface area contributed by atoms with E-state index >= 15 is 0 Å². The van der Waals surface area contributed by atoms with Crippen LogP contribution >= 0.6 is 0 Å². The minimum Gasteiger partial charge on any atom is -0.457 e. The molecule has 0 aromatic heterocycles. The molecule has 1 heterocycles. The van der Waals surface area contributed by atoms with Crippen LogP contribution in [-0.2, 0) is 5.41 Å². The summed E-state index contributed by atoms with van der Waals surface area (Å²) in [4.78, 5) is 2.34. The van der Waals surface area contributed by atoms with E-state index in [9.17, 15) is 0 Å². The summed E-state index contributed by atoms with van der Waals surface area (Å²) in [6.45, 7) is 0. The van der Waals surface area contributed by atoms with Gasteiger partial charge < -0.3 is 9.64 Å². The molecule has 2 aliphatic rings. The molecular weight excluding hydrogens is 763 g/mol.